The van der Waals surface area contributed by atoms with E-state index in [0.717, 1.165) is 38.5 Å². The van der Waals surface area contributed by atoms with Gasteiger partial charge in [-0.05, 0) is 43.7 Å². The zero-order chi connectivity index (χ0) is 20.9. The lowest BCUT2D eigenvalue weighted by atomic mass is 10.2. The molecule has 0 radical (unpaired) electrons. The van der Waals surface area contributed by atoms with Gasteiger partial charge in [0.1, 0.15) is 17.8 Å². The summed E-state index contributed by atoms with van der Waals surface area (Å²) in [6.45, 7) is 6.38. The summed E-state index contributed by atoms with van der Waals surface area (Å²) in [4.78, 5) is 17.8. The Kier molecular flexibility index (Phi) is 6.15. The van der Waals surface area contributed by atoms with Crippen LogP contribution in [0.3, 0.4) is 0 Å². The van der Waals surface area contributed by atoms with Gasteiger partial charge >= 0.3 is 5.97 Å². The molecule has 30 heavy (non-hydrogen) atoms. The van der Waals surface area contributed by atoms with E-state index in [9.17, 15) is 9.90 Å². The number of hydrogen-bond donors (Lipinski definition) is 1. The van der Waals surface area contributed by atoms with E-state index in [1.54, 1.807) is 35.1 Å². The minimum absolute atomic E-state index is 0.146. The minimum atomic E-state index is -1.02. The number of aromatic nitrogens is 2. The van der Waals surface area contributed by atoms with Gasteiger partial charge in [0.2, 0.25) is 5.88 Å². The fourth-order valence-corrected chi connectivity index (χ4v) is 3.48. The number of carbonyl (C=O) groups is 1. The molecule has 0 amide bonds. The number of rotatable bonds is 8. The Labute approximate surface area is 174 Å². The third-order valence-electron chi connectivity index (χ3n) is 5.14. The molecule has 1 aliphatic heterocycles. The number of aromatic carboxylic acids is 1. The van der Waals surface area contributed by atoms with E-state index in [2.05, 4.69) is 16.8 Å². The average Bonchev–Trinajstić information content (AvgIpc) is 3.22. The molecule has 158 valence electrons. The highest BCUT2D eigenvalue weighted by molar-refractivity contribution is 5.89. The lowest BCUT2D eigenvalue weighted by molar-refractivity contribution is -0.00200. The summed E-state index contributed by atoms with van der Waals surface area (Å²) in [6, 6.07) is 10.8. The Bertz CT molecular complexity index is 1000. The van der Waals surface area contributed by atoms with Crippen molar-refractivity contribution in [2.45, 2.75) is 19.4 Å². The number of carboxylic acid groups (broad SMARTS) is 1. The molecule has 1 saturated heterocycles. The molecule has 0 aliphatic carbocycles. The van der Waals surface area contributed by atoms with E-state index in [-0.39, 0.29) is 5.56 Å². The van der Waals surface area contributed by atoms with Crippen molar-refractivity contribution in [1.82, 2.24) is 14.3 Å². The van der Waals surface area contributed by atoms with Crippen LogP contribution in [0.5, 0.6) is 17.4 Å². The zero-order valence-electron chi connectivity index (χ0n) is 16.9. The highest BCUT2D eigenvalue weighted by atomic mass is 16.5. The highest BCUT2D eigenvalue weighted by Gasteiger charge is 2.17. The summed E-state index contributed by atoms with van der Waals surface area (Å²) in [7, 11) is 0. The van der Waals surface area contributed by atoms with Crippen LogP contribution in [0.1, 0.15) is 23.7 Å². The van der Waals surface area contributed by atoms with Crippen LogP contribution in [0.25, 0.3) is 5.52 Å². The van der Waals surface area contributed by atoms with Crippen LogP contribution in [0.2, 0.25) is 0 Å². The predicted octanol–water partition coefficient (Wildman–Crippen LogP) is 3.31. The molecule has 0 bridgehead atoms. The quantitative estimate of drug-likeness (QED) is 0.569. The van der Waals surface area contributed by atoms with Crippen molar-refractivity contribution in [3.05, 3.63) is 54.5 Å². The Morgan fingerprint density at radius 3 is 2.83 bits per heavy atom. The summed E-state index contributed by atoms with van der Waals surface area (Å²) in [5.74, 6) is 0.723. The van der Waals surface area contributed by atoms with Crippen molar-refractivity contribution in [3.8, 4) is 17.4 Å². The van der Waals surface area contributed by atoms with Gasteiger partial charge in [0, 0.05) is 25.2 Å². The van der Waals surface area contributed by atoms with Crippen molar-refractivity contribution in [2.24, 2.45) is 0 Å². The van der Waals surface area contributed by atoms with Gasteiger partial charge in [-0.3, -0.25) is 9.30 Å². The van der Waals surface area contributed by atoms with E-state index in [1.165, 1.54) is 6.07 Å². The average molecular weight is 411 g/mol. The summed E-state index contributed by atoms with van der Waals surface area (Å²) >= 11 is 0. The van der Waals surface area contributed by atoms with Gasteiger partial charge in [0.15, 0.2) is 0 Å². The number of pyridine rings is 1. The number of morpholine rings is 1. The summed E-state index contributed by atoms with van der Waals surface area (Å²) < 4.78 is 18.9. The summed E-state index contributed by atoms with van der Waals surface area (Å²) in [5.41, 5.74) is 0.798. The maximum atomic E-state index is 11.3. The number of benzene rings is 1. The van der Waals surface area contributed by atoms with Crippen molar-refractivity contribution in [2.75, 3.05) is 32.9 Å². The zero-order valence-corrected chi connectivity index (χ0v) is 16.9. The van der Waals surface area contributed by atoms with Gasteiger partial charge in [-0.15, -0.1) is 0 Å². The second-order valence-corrected chi connectivity index (χ2v) is 7.31. The topological polar surface area (TPSA) is 85.5 Å². The molecule has 8 heteroatoms. The van der Waals surface area contributed by atoms with Gasteiger partial charge in [-0.1, -0.05) is 0 Å². The van der Waals surface area contributed by atoms with Crippen molar-refractivity contribution < 1.29 is 24.1 Å². The molecule has 1 N–H and O–H groups in total. The Hall–Kier alpha value is -3.10. The van der Waals surface area contributed by atoms with Gasteiger partial charge in [-0.25, -0.2) is 9.78 Å². The number of fused-ring (bicyclic) bond motifs is 1. The fraction of sp³-hybridized carbons (Fsp3) is 0.364. The largest absolute Gasteiger partial charge is 0.494 e. The maximum absolute atomic E-state index is 11.3. The SMILES string of the molecule is CC1COCCN1CCCOc1ccc(Oc2cc(C(=O)O)cc3cncn23)cc1. The number of hydrogen-bond acceptors (Lipinski definition) is 6. The van der Waals surface area contributed by atoms with E-state index < -0.39 is 5.97 Å². The van der Waals surface area contributed by atoms with E-state index in [4.69, 9.17) is 14.2 Å². The highest BCUT2D eigenvalue weighted by Crippen LogP contribution is 2.26. The summed E-state index contributed by atoms with van der Waals surface area (Å²) in [6.07, 6.45) is 4.13. The fourth-order valence-electron chi connectivity index (χ4n) is 3.48. The van der Waals surface area contributed by atoms with Gasteiger partial charge in [0.25, 0.3) is 0 Å². The lowest BCUT2D eigenvalue weighted by Gasteiger charge is -2.33. The van der Waals surface area contributed by atoms with Crippen LogP contribution in [-0.2, 0) is 4.74 Å². The van der Waals surface area contributed by atoms with Crippen LogP contribution in [0, 0.1) is 0 Å². The maximum Gasteiger partial charge on any atom is 0.335 e. The van der Waals surface area contributed by atoms with Crippen molar-refractivity contribution in [1.29, 1.82) is 0 Å². The molecule has 1 aliphatic rings. The second-order valence-electron chi connectivity index (χ2n) is 7.31. The molecule has 0 saturated carbocycles. The number of nitrogens with zero attached hydrogens (tertiary/aromatic N) is 3. The molecule has 3 aromatic rings. The standard InChI is InChI=1S/C22H25N3O5/c1-16-14-28-10-8-24(16)7-2-9-29-19-3-5-20(6-4-19)30-21-12-17(22(26)27)11-18-13-23-15-25(18)21/h3-6,11-13,15-16H,2,7-10,14H2,1H3,(H,26,27). The van der Waals surface area contributed by atoms with E-state index in [0.29, 0.717) is 29.8 Å². The number of carboxylic acids is 1. The molecule has 1 fully saturated rings. The molecule has 4 rings (SSSR count). The van der Waals surface area contributed by atoms with Crippen molar-refractivity contribution >= 4 is 11.5 Å². The third kappa shape index (κ3) is 4.72. The molecule has 1 atom stereocenters. The second kappa shape index (κ2) is 9.15. The van der Waals surface area contributed by atoms with Gasteiger partial charge in [-0.2, -0.15) is 0 Å². The first-order valence-electron chi connectivity index (χ1n) is 10.0. The Balaban J connectivity index is 1.33. The number of ether oxygens (including phenoxy) is 3. The van der Waals surface area contributed by atoms with Gasteiger partial charge < -0.3 is 19.3 Å². The molecule has 8 nitrogen and oxygen atoms in total. The van der Waals surface area contributed by atoms with Crippen LogP contribution in [-0.4, -0.2) is 64.3 Å². The predicted molar refractivity (Wildman–Crippen MR) is 111 cm³/mol. The lowest BCUT2D eigenvalue weighted by Crippen LogP contribution is -2.44. The summed E-state index contributed by atoms with van der Waals surface area (Å²) in [5, 5.41) is 9.30. The Morgan fingerprint density at radius 2 is 2.07 bits per heavy atom. The molecule has 2 aromatic heterocycles. The minimum Gasteiger partial charge on any atom is -0.494 e. The third-order valence-corrected chi connectivity index (χ3v) is 5.14. The van der Waals surface area contributed by atoms with Gasteiger partial charge in [0.05, 0.1) is 37.1 Å². The van der Waals surface area contributed by atoms with E-state index >= 15 is 0 Å². The molecule has 3 heterocycles. The first-order valence-corrected chi connectivity index (χ1v) is 10.0. The monoisotopic (exact) mass is 411 g/mol. The number of imidazole rings is 1. The van der Waals surface area contributed by atoms with Crippen LogP contribution in [0.4, 0.5) is 0 Å². The van der Waals surface area contributed by atoms with Crippen LogP contribution < -0.4 is 9.47 Å². The molecular formula is C22H25N3O5. The van der Waals surface area contributed by atoms with Crippen molar-refractivity contribution in [3.63, 3.8) is 0 Å². The first-order chi connectivity index (χ1) is 14.6. The van der Waals surface area contributed by atoms with Crippen LogP contribution >= 0.6 is 0 Å². The normalized spacial score (nSPS) is 17.2. The van der Waals surface area contributed by atoms with E-state index in [1.807, 2.05) is 12.1 Å². The molecule has 1 unspecified atom stereocenters. The molecule has 0 spiro atoms. The smallest absolute Gasteiger partial charge is 0.335 e. The molecule has 1 aromatic carbocycles. The Morgan fingerprint density at radius 1 is 1.27 bits per heavy atom. The first kappa shape index (κ1) is 20.2. The molecular weight excluding hydrogens is 386 g/mol. The van der Waals surface area contributed by atoms with Crippen LogP contribution in [0.15, 0.2) is 48.9 Å².